The van der Waals surface area contributed by atoms with Crippen LogP contribution in [0.4, 0.5) is 0 Å². The Balaban J connectivity index is 2.43. The van der Waals surface area contributed by atoms with Crippen LogP contribution in [0.5, 0.6) is 5.75 Å². The molecule has 3 nitrogen and oxygen atoms in total. The SMILES string of the molecule is COc1ccc(C(C)C)cc1Cc1c(Br)nc(C)n1C. The van der Waals surface area contributed by atoms with E-state index in [1.54, 1.807) is 7.11 Å². The quantitative estimate of drug-likeness (QED) is 0.835. The lowest BCUT2D eigenvalue weighted by molar-refractivity contribution is 0.410. The largest absolute Gasteiger partial charge is 0.496 e. The van der Waals surface area contributed by atoms with Crippen molar-refractivity contribution >= 4 is 15.9 Å². The second kappa shape index (κ2) is 6.00. The maximum Gasteiger partial charge on any atom is 0.127 e. The van der Waals surface area contributed by atoms with Crippen molar-refractivity contribution in [2.45, 2.75) is 33.1 Å². The molecule has 0 atom stereocenters. The minimum absolute atomic E-state index is 0.511. The standard InChI is InChI=1S/C16H21BrN2O/c1-10(2)12-6-7-15(20-5)13(8-12)9-14-16(17)18-11(3)19(14)4/h6-8,10H,9H2,1-5H3. The maximum atomic E-state index is 5.49. The van der Waals surface area contributed by atoms with Gasteiger partial charge < -0.3 is 9.30 Å². The molecule has 0 bridgehead atoms. The summed E-state index contributed by atoms with van der Waals surface area (Å²) in [6.45, 7) is 6.42. The van der Waals surface area contributed by atoms with Crippen LogP contribution in [0.15, 0.2) is 22.8 Å². The molecule has 2 aromatic rings. The summed E-state index contributed by atoms with van der Waals surface area (Å²) in [5.74, 6) is 2.45. The summed E-state index contributed by atoms with van der Waals surface area (Å²) < 4.78 is 8.52. The monoisotopic (exact) mass is 336 g/mol. The lowest BCUT2D eigenvalue weighted by Crippen LogP contribution is -2.02. The first-order valence-electron chi connectivity index (χ1n) is 6.78. The first kappa shape index (κ1) is 15.1. The smallest absolute Gasteiger partial charge is 0.127 e. The van der Waals surface area contributed by atoms with E-state index < -0.39 is 0 Å². The van der Waals surface area contributed by atoms with E-state index in [0.717, 1.165) is 22.6 Å². The van der Waals surface area contributed by atoms with E-state index in [4.69, 9.17) is 4.74 Å². The van der Waals surface area contributed by atoms with Crippen LogP contribution in [0.25, 0.3) is 0 Å². The van der Waals surface area contributed by atoms with Crippen LogP contribution in [-0.2, 0) is 13.5 Å². The highest BCUT2D eigenvalue weighted by Gasteiger charge is 2.14. The van der Waals surface area contributed by atoms with Crippen molar-refractivity contribution < 1.29 is 4.74 Å². The summed E-state index contributed by atoms with van der Waals surface area (Å²) in [5, 5.41) is 0. The van der Waals surface area contributed by atoms with Crippen LogP contribution in [0, 0.1) is 6.92 Å². The van der Waals surface area contributed by atoms with Crippen molar-refractivity contribution in [1.29, 1.82) is 0 Å². The Morgan fingerprint density at radius 1 is 1.35 bits per heavy atom. The number of methoxy groups -OCH3 is 1. The second-order valence-corrected chi connectivity index (χ2v) is 6.11. The zero-order valence-corrected chi connectivity index (χ0v) is 14.3. The number of nitrogens with zero attached hydrogens (tertiary/aromatic N) is 2. The molecule has 1 heterocycles. The van der Waals surface area contributed by atoms with Gasteiger partial charge in [0, 0.05) is 19.0 Å². The van der Waals surface area contributed by atoms with Gasteiger partial charge in [0.25, 0.3) is 0 Å². The molecule has 2 rings (SSSR count). The number of rotatable bonds is 4. The molecular weight excluding hydrogens is 316 g/mol. The first-order chi connectivity index (χ1) is 9.43. The van der Waals surface area contributed by atoms with Crippen molar-refractivity contribution in [3.63, 3.8) is 0 Å². The number of hydrogen-bond donors (Lipinski definition) is 0. The van der Waals surface area contributed by atoms with Gasteiger partial charge in [-0.1, -0.05) is 26.0 Å². The number of ether oxygens (including phenoxy) is 1. The number of halogens is 1. The molecule has 0 aliphatic carbocycles. The lowest BCUT2D eigenvalue weighted by Gasteiger charge is -2.13. The number of imidazole rings is 1. The van der Waals surface area contributed by atoms with Crippen molar-refractivity contribution in [3.05, 3.63) is 45.4 Å². The van der Waals surface area contributed by atoms with Crippen LogP contribution in [0.1, 0.15) is 42.4 Å². The Morgan fingerprint density at radius 3 is 2.55 bits per heavy atom. The average Bonchev–Trinajstić information content (AvgIpc) is 2.65. The Kier molecular flexibility index (Phi) is 4.53. The highest BCUT2D eigenvalue weighted by atomic mass is 79.9. The number of aryl methyl sites for hydroxylation is 1. The molecule has 0 spiro atoms. The van der Waals surface area contributed by atoms with E-state index in [1.807, 2.05) is 14.0 Å². The molecule has 20 heavy (non-hydrogen) atoms. The molecule has 1 aromatic carbocycles. The highest BCUT2D eigenvalue weighted by molar-refractivity contribution is 9.10. The summed E-state index contributed by atoms with van der Waals surface area (Å²) in [4.78, 5) is 4.46. The summed E-state index contributed by atoms with van der Waals surface area (Å²) >= 11 is 3.55. The fraction of sp³-hybridized carbons (Fsp3) is 0.438. The summed E-state index contributed by atoms with van der Waals surface area (Å²) in [5.41, 5.74) is 3.69. The highest BCUT2D eigenvalue weighted by Crippen LogP contribution is 2.28. The number of benzene rings is 1. The molecule has 0 unspecified atom stereocenters. The van der Waals surface area contributed by atoms with Crippen LogP contribution >= 0.6 is 15.9 Å². The Labute approximate surface area is 129 Å². The normalized spacial score (nSPS) is 11.2. The average molecular weight is 337 g/mol. The molecule has 0 radical (unpaired) electrons. The van der Waals surface area contributed by atoms with Gasteiger partial charge in [-0.25, -0.2) is 4.98 Å². The van der Waals surface area contributed by atoms with Gasteiger partial charge in [0.2, 0.25) is 0 Å². The summed E-state index contributed by atoms with van der Waals surface area (Å²) in [6, 6.07) is 6.43. The third-order valence-corrected chi connectivity index (χ3v) is 4.35. The minimum atomic E-state index is 0.511. The molecule has 4 heteroatoms. The van der Waals surface area contributed by atoms with Gasteiger partial charge in [-0.2, -0.15) is 0 Å². The van der Waals surface area contributed by atoms with Gasteiger partial charge in [-0.15, -0.1) is 0 Å². The van der Waals surface area contributed by atoms with Crippen molar-refractivity contribution in [2.24, 2.45) is 7.05 Å². The molecule has 0 saturated heterocycles. The Morgan fingerprint density at radius 2 is 2.05 bits per heavy atom. The summed E-state index contributed by atoms with van der Waals surface area (Å²) in [7, 11) is 3.76. The van der Waals surface area contributed by atoms with Crippen LogP contribution in [-0.4, -0.2) is 16.7 Å². The van der Waals surface area contributed by atoms with Crippen molar-refractivity contribution in [1.82, 2.24) is 9.55 Å². The van der Waals surface area contributed by atoms with Crippen molar-refractivity contribution in [3.8, 4) is 5.75 Å². The van der Waals surface area contributed by atoms with E-state index in [0.29, 0.717) is 5.92 Å². The van der Waals surface area contributed by atoms with Gasteiger partial charge in [-0.3, -0.25) is 0 Å². The van der Waals surface area contributed by atoms with Crippen molar-refractivity contribution in [2.75, 3.05) is 7.11 Å². The first-order valence-corrected chi connectivity index (χ1v) is 7.57. The predicted octanol–water partition coefficient (Wildman–Crippen LogP) is 4.21. The third kappa shape index (κ3) is 2.90. The molecule has 0 aliphatic rings. The fourth-order valence-electron chi connectivity index (χ4n) is 2.28. The van der Waals surface area contributed by atoms with Gasteiger partial charge >= 0.3 is 0 Å². The van der Waals surface area contributed by atoms with E-state index in [1.165, 1.54) is 16.8 Å². The van der Waals surface area contributed by atoms with Gasteiger partial charge in [0.15, 0.2) is 0 Å². The second-order valence-electron chi connectivity index (χ2n) is 5.36. The zero-order valence-electron chi connectivity index (χ0n) is 12.7. The van der Waals surface area contributed by atoms with E-state index in [2.05, 4.69) is 57.5 Å². The predicted molar refractivity (Wildman–Crippen MR) is 85.5 cm³/mol. The molecule has 1 aromatic heterocycles. The third-order valence-electron chi connectivity index (χ3n) is 3.72. The van der Waals surface area contributed by atoms with Crippen LogP contribution in [0.3, 0.4) is 0 Å². The molecule has 0 fully saturated rings. The zero-order chi connectivity index (χ0) is 14.9. The number of hydrogen-bond acceptors (Lipinski definition) is 2. The molecule has 0 N–H and O–H groups in total. The Bertz CT molecular complexity index is 617. The number of aromatic nitrogens is 2. The summed E-state index contributed by atoms with van der Waals surface area (Å²) in [6.07, 6.45) is 0.807. The van der Waals surface area contributed by atoms with Gasteiger partial charge in [-0.05, 0) is 40.4 Å². The van der Waals surface area contributed by atoms with Gasteiger partial charge in [0.05, 0.1) is 12.8 Å². The lowest BCUT2D eigenvalue weighted by atomic mass is 9.98. The maximum absolute atomic E-state index is 5.49. The van der Waals surface area contributed by atoms with E-state index >= 15 is 0 Å². The molecule has 0 aliphatic heterocycles. The Hall–Kier alpha value is -1.29. The fourth-order valence-corrected chi connectivity index (χ4v) is 2.95. The van der Waals surface area contributed by atoms with E-state index in [-0.39, 0.29) is 0 Å². The van der Waals surface area contributed by atoms with Gasteiger partial charge in [0.1, 0.15) is 16.2 Å². The van der Waals surface area contributed by atoms with Crippen LogP contribution in [0.2, 0.25) is 0 Å². The topological polar surface area (TPSA) is 27.1 Å². The molecule has 0 saturated carbocycles. The van der Waals surface area contributed by atoms with Crippen LogP contribution < -0.4 is 4.74 Å². The molecule has 108 valence electrons. The molecule has 0 amide bonds. The molecular formula is C16H21BrN2O. The van der Waals surface area contributed by atoms with E-state index in [9.17, 15) is 0 Å². The minimum Gasteiger partial charge on any atom is -0.496 e.